The Kier molecular flexibility index (Phi) is 1.44. The molecule has 2 rings (SSSR count). The van der Waals surface area contributed by atoms with Gasteiger partial charge in [0, 0.05) is 0 Å². The summed E-state index contributed by atoms with van der Waals surface area (Å²) in [6.07, 6.45) is 0.299. The van der Waals surface area contributed by atoms with Crippen LogP contribution in [0, 0.1) is 0 Å². The Hall–Kier alpha value is -0.970. The van der Waals surface area contributed by atoms with Crippen molar-refractivity contribution in [2.45, 2.75) is 24.8 Å². The summed E-state index contributed by atoms with van der Waals surface area (Å²) in [5.41, 5.74) is 5.14. The molecule has 0 saturated heterocycles. The summed E-state index contributed by atoms with van der Waals surface area (Å²) >= 11 is 0. The van der Waals surface area contributed by atoms with Crippen molar-refractivity contribution in [3.63, 3.8) is 0 Å². The van der Waals surface area contributed by atoms with Gasteiger partial charge >= 0.3 is 0 Å². The molecule has 1 aliphatic carbocycles. The van der Waals surface area contributed by atoms with Gasteiger partial charge in [0.25, 0.3) is 6.43 Å². The lowest BCUT2D eigenvalue weighted by molar-refractivity contribution is 0.146. The number of aromatic amines is 1. The summed E-state index contributed by atoms with van der Waals surface area (Å²) in [7, 11) is 0. The van der Waals surface area contributed by atoms with Crippen molar-refractivity contribution < 1.29 is 8.78 Å². The number of nitrogens with zero attached hydrogens (tertiary/aromatic N) is 1. The Balaban J connectivity index is 2.25. The van der Waals surface area contributed by atoms with E-state index < -0.39 is 12.0 Å². The van der Waals surface area contributed by atoms with Gasteiger partial charge in [0.15, 0.2) is 0 Å². The number of imidazole rings is 1. The van der Waals surface area contributed by atoms with Crippen LogP contribution in [0.3, 0.4) is 0 Å². The summed E-state index contributed by atoms with van der Waals surface area (Å²) in [6.45, 7) is 0. The first-order chi connectivity index (χ1) is 5.62. The summed E-state index contributed by atoms with van der Waals surface area (Å²) < 4.78 is 24.2. The minimum atomic E-state index is -2.49. The zero-order chi connectivity index (χ0) is 8.77. The van der Waals surface area contributed by atoms with Crippen LogP contribution in [-0.2, 0) is 5.54 Å². The fraction of sp³-hybridized carbons (Fsp3) is 0.571. The lowest BCUT2D eigenvalue weighted by atomic mass is 10.3. The Labute approximate surface area is 68.0 Å². The number of rotatable bonds is 2. The number of H-pyrrole nitrogens is 1. The molecule has 3 nitrogen and oxygen atoms in total. The Morgan fingerprint density at radius 1 is 1.58 bits per heavy atom. The normalized spacial score (nSPS) is 20.0. The molecule has 5 heteroatoms. The van der Waals surface area contributed by atoms with Crippen molar-refractivity contribution in [1.82, 2.24) is 9.97 Å². The van der Waals surface area contributed by atoms with E-state index in [0.29, 0.717) is 5.82 Å². The first-order valence-corrected chi connectivity index (χ1v) is 3.74. The van der Waals surface area contributed by atoms with Crippen LogP contribution in [0.4, 0.5) is 8.78 Å². The van der Waals surface area contributed by atoms with Crippen molar-refractivity contribution in [3.05, 3.63) is 17.7 Å². The molecule has 0 bridgehead atoms. The summed E-state index contributed by atoms with van der Waals surface area (Å²) in [4.78, 5) is 6.34. The average Bonchev–Trinajstić information content (AvgIpc) is 2.61. The van der Waals surface area contributed by atoms with Gasteiger partial charge in [-0.1, -0.05) is 0 Å². The average molecular weight is 173 g/mol. The van der Waals surface area contributed by atoms with E-state index in [1.54, 1.807) is 0 Å². The maximum absolute atomic E-state index is 12.1. The van der Waals surface area contributed by atoms with Crippen LogP contribution < -0.4 is 5.73 Å². The molecular weight excluding hydrogens is 164 g/mol. The van der Waals surface area contributed by atoms with Crippen LogP contribution in [0.15, 0.2) is 6.20 Å². The molecule has 0 unspecified atom stereocenters. The van der Waals surface area contributed by atoms with Gasteiger partial charge in [-0.15, -0.1) is 0 Å². The van der Waals surface area contributed by atoms with Crippen molar-refractivity contribution in [3.8, 4) is 0 Å². The smallest absolute Gasteiger partial charge is 0.279 e. The van der Waals surface area contributed by atoms with E-state index in [-0.39, 0.29) is 5.69 Å². The topological polar surface area (TPSA) is 54.7 Å². The molecule has 0 amide bonds. The second-order valence-electron chi connectivity index (χ2n) is 3.14. The molecule has 12 heavy (non-hydrogen) atoms. The van der Waals surface area contributed by atoms with Crippen LogP contribution in [-0.4, -0.2) is 9.97 Å². The van der Waals surface area contributed by atoms with Gasteiger partial charge in [0.2, 0.25) is 0 Å². The zero-order valence-corrected chi connectivity index (χ0v) is 6.35. The highest BCUT2D eigenvalue weighted by atomic mass is 19.3. The number of nitrogens with two attached hydrogens (primary N) is 1. The molecule has 3 N–H and O–H groups in total. The first kappa shape index (κ1) is 7.67. The summed E-state index contributed by atoms with van der Waals surface area (Å²) in [5.74, 6) is 0.484. The maximum atomic E-state index is 12.1. The number of nitrogens with one attached hydrogen (secondary N) is 1. The quantitative estimate of drug-likeness (QED) is 0.708. The van der Waals surface area contributed by atoms with E-state index in [4.69, 9.17) is 5.73 Å². The summed E-state index contributed by atoms with van der Waals surface area (Å²) in [6, 6.07) is 0. The highest BCUT2D eigenvalue weighted by Crippen LogP contribution is 2.41. The highest BCUT2D eigenvalue weighted by Gasteiger charge is 2.43. The monoisotopic (exact) mass is 173 g/mol. The van der Waals surface area contributed by atoms with Gasteiger partial charge in [-0.3, -0.25) is 0 Å². The Morgan fingerprint density at radius 2 is 2.25 bits per heavy atom. The molecule has 1 aromatic rings. The molecule has 1 heterocycles. The molecule has 0 aliphatic heterocycles. The minimum Gasteiger partial charge on any atom is -0.340 e. The second kappa shape index (κ2) is 2.26. The van der Waals surface area contributed by atoms with E-state index in [2.05, 4.69) is 9.97 Å². The fourth-order valence-electron chi connectivity index (χ4n) is 1.07. The van der Waals surface area contributed by atoms with Crippen LogP contribution >= 0.6 is 0 Å². The van der Waals surface area contributed by atoms with Crippen molar-refractivity contribution >= 4 is 0 Å². The van der Waals surface area contributed by atoms with Crippen molar-refractivity contribution in [2.75, 3.05) is 0 Å². The third-order valence-corrected chi connectivity index (χ3v) is 2.09. The Bertz CT molecular complexity index is 291. The van der Waals surface area contributed by atoms with Gasteiger partial charge in [-0.25, -0.2) is 13.8 Å². The predicted octanol–water partition coefficient (Wildman–Crippen LogP) is 1.30. The van der Waals surface area contributed by atoms with E-state index in [9.17, 15) is 8.78 Å². The molecule has 0 atom stereocenters. The van der Waals surface area contributed by atoms with Gasteiger partial charge in [0.1, 0.15) is 11.5 Å². The van der Waals surface area contributed by atoms with Crippen molar-refractivity contribution in [2.24, 2.45) is 5.73 Å². The van der Waals surface area contributed by atoms with Crippen LogP contribution in [0.1, 0.15) is 30.8 Å². The molecule has 1 fully saturated rings. The molecule has 0 spiro atoms. The molecule has 1 aliphatic rings. The van der Waals surface area contributed by atoms with Gasteiger partial charge in [-0.05, 0) is 12.8 Å². The van der Waals surface area contributed by atoms with E-state index in [0.717, 1.165) is 19.0 Å². The Morgan fingerprint density at radius 3 is 2.67 bits per heavy atom. The number of hydrogen-bond donors (Lipinski definition) is 2. The largest absolute Gasteiger partial charge is 0.340 e. The fourth-order valence-corrected chi connectivity index (χ4v) is 1.07. The number of aromatic nitrogens is 2. The zero-order valence-electron chi connectivity index (χ0n) is 6.35. The van der Waals surface area contributed by atoms with Gasteiger partial charge < -0.3 is 10.7 Å². The lowest BCUT2D eigenvalue weighted by Gasteiger charge is -2.02. The van der Waals surface area contributed by atoms with E-state index in [1.165, 1.54) is 0 Å². The third kappa shape index (κ3) is 1.10. The molecule has 1 saturated carbocycles. The molecular formula is C7H9F2N3. The van der Waals surface area contributed by atoms with Crippen molar-refractivity contribution in [1.29, 1.82) is 0 Å². The first-order valence-electron chi connectivity index (χ1n) is 3.74. The van der Waals surface area contributed by atoms with E-state index >= 15 is 0 Å². The highest BCUT2D eigenvalue weighted by molar-refractivity contribution is 5.17. The lowest BCUT2D eigenvalue weighted by Crippen LogP contribution is -2.20. The van der Waals surface area contributed by atoms with Crippen LogP contribution in [0.5, 0.6) is 0 Å². The molecule has 0 radical (unpaired) electrons. The molecule has 1 aromatic heterocycles. The van der Waals surface area contributed by atoms with Gasteiger partial charge in [0.05, 0.1) is 11.7 Å². The van der Waals surface area contributed by atoms with Gasteiger partial charge in [-0.2, -0.15) is 0 Å². The van der Waals surface area contributed by atoms with Crippen LogP contribution in [0.2, 0.25) is 0 Å². The van der Waals surface area contributed by atoms with E-state index in [1.807, 2.05) is 0 Å². The number of alkyl halides is 2. The maximum Gasteiger partial charge on any atom is 0.279 e. The predicted molar refractivity (Wildman–Crippen MR) is 38.6 cm³/mol. The SMILES string of the molecule is NC1(c2ncc(C(F)F)[nH]2)CC1. The van der Waals surface area contributed by atoms with Crippen LogP contribution in [0.25, 0.3) is 0 Å². The molecule has 66 valence electrons. The standard InChI is InChI=1S/C7H9F2N3/c8-5(9)4-3-11-6(12-4)7(10)1-2-7/h3,5H,1-2,10H2,(H,11,12). The number of hydrogen-bond acceptors (Lipinski definition) is 2. The summed E-state index contributed by atoms with van der Waals surface area (Å²) in [5, 5.41) is 0. The number of halogens is 2. The third-order valence-electron chi connectivity index (χ3n) is 2.09. The molecule has 0 aromatic carbocycles. The second-order valence-corrected chi connectivity index (χ2v) is 3.14. The minimum absolute atomic E-state index is 0.151.